The highest BCUT2D eigenvalue weighted by Crippen LogP contribution is 2.23. The van der Waals surface area contributed by atoms with Crippen LogP contribution in [0.4, 0.5) is 0 Å². The van der Waals surface area contributed by atoms with Gasteiger partial charge in [-0.05, 0) is 53.6 Å². The molecule has 0 unspecified atom stereocenters. The molecule has 0 radical (unpaired) electrons. The predicted octanol–water partition coefficient (Wildman–Crippen LogP) is 5.34. The van der Waals surface area contributed by atoms with Gasteiger partial charge in [0.2, 0.25) is 0 Å². The van der Waals surface area contributed by atoms with E-state index in [0.717, 1.165) is 27.9 Å². The Morgan fingerprint density at radius 1 is 1.00 bits per heavy atom. The third-order valence-corrected chi connectivity index (χ3v) is 6.42. The lowest BCUT2D eigenvalue weighted by atomic mass is 10.2. The van der Waals surface area contributed by atoms with Gasteiger partial charge < -0.3 is 4.74 Å². The fourth-order valence-electron chi connectivity index (χ4n) is 3.22. The van der Waals surface area contributed by atoms with Crippen LogP contribution >= 0.6 is 34.5 Å². The zero-order valence-corrected chi connectivity index (χ0v) is 17.8. The molecular weight excluding hydrogens is 439 g/mol. The summed E-state index contributed by atoms with van der Waals surface area (Å²) in [5.41, 5.74) is 3.46. The molecule has 0 N–H and O–H groups in total. The molecule has 0 fully saturated rings. The molecule has 0 atom stereocenters. The Bertz CT molecular complexity index is 1490. The lowest BCUT2D eigenvalue weighted by Gasteiger charge is -2.07. The van der Waals surface area contributed by atoms with Crippen LogP contribution in [0, 0.1) is 0 Å². The summed E-state index contributed by atoms with van der Waals surface area (Å²) >= 11 is 13.4. The van der Waals surface area contributed by atoms with Crippen LogP contribution in [0.3, 0.4) is 0 Å². The van der Waals surface area contributed by atoms with Gasteiger partial charge in [0.1, 0.15) is 12.4 Å². The van der Waals surface area contributed by atoms with Crippen molar-refractivity contribution in [2.75, 3.05) is 0 Å². The molecule has 7 heteroatoms. The van der Waals surface area contributed by atoms with Crippen LogP contribution in [0.15, 0.2) is 71.5 Å². The summed E-state index contributed by atoms with van der Waals surface area (Å²) in [6.45, 7) is 0.389. The summed E-state index contributed by atoms with van der Waals surface area (Å²) in [5, 5.41) is 1.03. The molecule has 0 spiro atoms. The second-order valence-corrected chi connectivity index (χ2v) is 8.56. The van der Waals surface area contributed by atoms with Crippen molar-refractivity contribution in [2.45, 2.75) is 6.61 Å². The van der Waals surface area contributed by atoms with Crippen LogP contribution in [0.5, 0.6) is 5.75 Å². The maximum Gasteiger partial charge on any atom is 0.274 e. The highest BCUT2D eigenvalue weighted by Gasteiger charge is 2.10. The molecule has 2 heterocycles. The number of halogens is 2. The van der Waals surface area contributed by atoms with Gasteiger partial charge in [0.15, 0.2) is 4.96 Å². The summed E-state index contributed by atoms with van der Waals surface area (Å²) in [5.74, 6) is 0.729. The van der Waals surface area contributed by atoms with Gasteiger partial charge in [0.25, 0.3) is 5.56 Å². The van der Waals surface area contributed by atoms with Gasteiger partial charge in [-0.2, -0.15) is 0 Å². The summed E-state index contributed by atoms with van der Waals surface area (Å²) in [6, 6.07) is 20.7. The van der Waals surface area contributed by atoms with Crippen LogP contribution < -0.4 is 14.8 Å². The van der Waals surface area contributed by atoms with Crippen molar-refractivity contribution in [3.05, 3.63) is 103 Å². The minimum atomic E-state index is -0.0522. The number of imidazole rings is 1. The average Bonchev–Trinajstić information content (AvgIpc) is 3.26. The maximum absolute atomic E-state index is 12.8. The Labute approximate surface area is 185 Å². The van der Waals surface area contributed by atoms with Crippen molar-refractivity contribution in [3.8, 4) is 5.75 Å². The molecule has 0 aliphatic rings. The number of thiazole rings is 1. The molecule has 0 amide bonds. The number of hydrogen-bond acceptors (Lipinski definition) is 4. The summed E-state index contributed by atoms with van der Waals surface area (Å²) in [7, 11) is 0. The molecular formula is C23H14Cl2N2O2S. The third kappa shape index (κ3) is 3.56. The Balaban J connectivity index is 1.39. The van der Waals surface area contributed by atoms with Gasteiger partial charge in [-0.25, -0.2) is 9.38 Å². The minimum Gasteiger partial charge on any atom is -0.489 e. The van der Waals surface area contributed by atoms with E-state index in [1.807, 2.05) is 60.7 Å². The van der Waals surface area contributed by atoms with Crippen LogP contribution in [-0.2, 0) is 6.61 Å². The van der Waals surface area contributed by atoms with Gasteiger partial charge >= 0.3 is 0 Å². The quantitative estimate of drug-likeness (QED) is 0.369. The van der Waals surface area contributed by atoms with E-state index in [4.69, 9.17) is 27.9 Å². The lowest BCUT2D eigenvalue weighted by molar-refractivity contribution is 0.306. The number of hydrogen-bond donors (Lipinski definition) is 0. The van der Waals surface area contributed by atoms with Gasteiger partial charge in [-0.15, -0.1) is 0 Å². The summed E-state index contributed by atoms with van der Waals surface area (Å²) in [4.78, 5) is 18.1. The Morgan fingerprint density at radius 2 is 1.80 bits per heavy atom. The number of fused-ring (bicyclic) bond motifs is 3. The molecule has 148 valence electrons. The molecule has 5 aromatic rings. The monoisotopic (exact) mass is 452 g/mol. The number of rotatable bonds is 4. The first-order valence-electron chi connectivity index (χ1n) is 9.17. The van der Waals surface area contributed by atoms with E-state index in [1.54, 1.807) is 16.5 Å². The number of para-hydroxylation sites is 2. The fourth-order valence-corrected chi connectivity index (χ4v) is 4.53. The van der Waals surface area contributed by atoms with Crippen molar-refractivity contribution in [1.29, 1.82) is 0 Å². The first kappa shape index (κ1) is 19.1. The molecule has 2 aromatic heterocycles. The normalized spacial score (nSPS) is 12.1. The Morgan fingerprint density at radius 3 is 2.60 bits per heavy atom. The van der Waals surface area contributed by atoms with Gasteiger partial charge in [0.05, 0.1) is 25.6 Å². The van der Waals surface area contributed by atoms with Crippen molar-refractivity contribution >= 4 is 56.6 Å². The summed E-state index contributed by atoms with van der Waals surface area (Å²) < 4.78 is 8.12. The second kappa shape index (κ2) is 7.76. The van der Waals surface area contributed by atoms with Crippen molar-refractivity contribution in [1.82, 2.24) is 9.38 Å². The van der Waals surface area contributed by atoms with E-state index in [0.29, 0.717) is 26.1 Å². The zero-order chi connectivity index (χ0) is 20.7. The predicted molar refractivity (Wildman–Crippen MR) is 123 cm³/mol. The van der Waals surface area contributed by atoms with Gasteiger partial charge in [-0.3, -0.25) is 4.79 Å². The smallest absolute Gasteiger partial charge is 0.274 e. The molecule has 0 aliphatic heterocycles. The van der Waals surface area contributed by atoms with E-state index in [9.17, 15) is 4.79 Å². The van der Waals surface area contributed by atoms with Crippen LogP contribution in [0.25, 0.3) is 22.1 Å². The maximum atomic E-state index is 12.8. The molecule has 5 rings (SSSR count). The average molecular weight is 453 g/mol. The molecule has 0 aliphatic carbocycles. The van der Waals surface area contributed by atoms with E-state index in [-0.39, 0.29) is 5.56 Å². The largest absolute Gasteiger partial charge is 0.489 e. The van der Waals surface area contributed by atoms with Crippen LogP contribution in [0.2, 0.25) is 10.0 Å². The van der Waals surface area contributed by atoms with E-state index in [1.165, 1.54) is 11.3 Å². The zero-order valence-electron chi connectivity index (χ0n) is 15.5. The van der Waals surface area contributed by atoms with Crippen LogP contribution in [-0.4, -0.2) is 9.38 Å². The van der Waals surface area contributed by atoms with E-state index in [2.05, 4.69) is 4.98 Å². The van der Waals surface area contributed by atoms with Gasteiger partial charge in [0, 0.05) is 0 Å². The molecule has 30 heavy (non-hydrogen) atoms. The topological polar surface area (TPSA) is 43.6 Å². The third-order valence-electron chi connectivity index (χ3n) is 4.71. The fraction of sp³-hybridized carbons (Fsp3) is 0.0435. The Hall–Kier alpha value is -2.86. The SMILES string of the molecule is O=c1/c(=C/c2ccc(OCc3ccc(Cl)c(Cl)c3)cc2)sc2nc3ccccc3n12. The number of benzene rings is 3. The number of nitrogens with zero attached hydrogens (tertiary/aromatic N) is 2. The minimum absolute atomic E-state index is 0.0522. The first-order valence-corrected chi connectivity index (χ1v) is 10.7. The molecule has 0 saturated carbocycles. The number of aromatic nitrogens is 2. The second-order valence-electron chi connectivity index (χ2n) is 6.74. The lowest BCUT2D eigenvalue weighted by Crippen LogP contribution is -2.22. The molecule has 0 saturated heterocycles. The Kier molecular flexibility index (Phi) is 4.95. The summed E-state index contributed by atoms with van der Waals surface area (Å²) in [6.07, 6.45) is 1.87. The number of ether oxygens (including phenoxy) is 1. The van der Waals surface area contributed by atoms with E-state index >= 15 is 0 Å². The highest BCUT2D eigenvalue weighted by molar-refractivity contribution is 7.15. The van der Waals surface area contributed by atoms with E-state index < -0.39 is 0 Å². The van der Waals surface area contributed by atoms with Gasteiger partial charge in [-0.1, -0.05) is 64.9 Å². The van der Waals surface area contributed by atoms with Crippen molar-refractivity contribution in [2.24, 2.45) is 0 Å². The molecule has 4 nitrogen and oxygen atoms in total. The standard InChI is InChI=1S/C23H14Cl2N2O2S/c24-17-10-7-15(11-18(17)25)13-29-16-8-5-14(6-9-16)12-21-22(28)27-20-4-2-1-3-19(20)26-23(27)30-21/h1-12H,13H2/b21-12-. The first-order chi connectivity index (χ1) is 14.6. The van der Waals surface area contributed by atoms with Crippen molar-refractivity contribution in [3.63, 3.8) is 0 Å². The van der Waals surface area contributed by atoms with Crippen molar-refractivity contribution < 1.29 is 4.74 Å². The molecule has 3 aromatic carbocycles. The highest BCUT2D eigenvalue weighted by atomic mass is 35.5. The molecule has 0 bridgehead atoms. The van der Waals surface area contributed by atoms with Crippen LogP contribution in [0.1, 0.15) is 11.1 Å².